The summed E-state index contributed by atoms with van der Waals surface area (Å²) in [6.45, 7) is 6.15. The number of methoxy groups -OCH3 is 1. The molecule has 0 saturated carbocycles. The number of ether oxygens (including phenoxy) is 1. The minimum atomic E-state index is -0.525. The molecular formula is C22H26N3O4S+. The van der Waals surface area contributed by atoms with E-state index in [0.717, 1.165) is 5.69 Å². The number of amides is 1. The van der Waals surface area contributed by atoms with Crippen molar-refractivity contribution in [3.05, 3.63) is 64.5 Å². The van der Waals surface area contributed by atoms with Crippen LogP contribution < -0.4 is 20.4 Å². The molecule has 0 aliphatic carbocycles. The molecule has 1 unspecified atom stereocenters. The van der Waals surface area contributed by atoms with Gasteiger partial charge < -0.3 is 10.1 Å². The van der Waals surface area contributed by atoms with Gasteiger partial charge in [0.25, 0.3) is 0 Å². The zero-order valence-corrected chi connectivity index (χ0v) is 18.3. The molecule has 0 radical (unpaired) electrons. The molecule has 7 nitrogen and oxygen atoms in total. The molecule has 1 aromatic heterocycles. The summed E-state index contributed by atoms with van der Waals surface area (Å²) in [7, 11) is 1.59. The molecule has 0 spiro atoms. The van der Waals surface area contributed by atoms with Gasteiger partial charge in [-0.25, -0.2) is 4.79 Å². The van der Waals surface area contributed by atoms with Crippen LogP contribution in [-0.2, 0) is 4.79 Å². The van der Waals surface area contributed by atoms with Gasteiger partial charge in [-0.2, -0.15) is 0 Å². The van der Waals surface area contributed by atoms with Gasteiger partial charge in [-0.05, 0) is 63.9 Å². The summed E-state index contributed by atoms with van der Waals surface area (Å²) in [6.07, 6.45) is 0.549. The molecule has 30 heavy (non-hydrogen) atoms. The number of nitrogens with zero attached hydrogens (tertiary/aromatic N) is 1. The second-order valence-corrected chi connectivity index (χ2v) is 8.29. The van der Waals surface area contributed by atoms with Crippen LogP contribution in [0.4, 0.5) is 5.69 Å². The highest BCUT2D eigenvalue weighted by Gasteiger charge is 2.30. The SMILES string of the molecule is CCC(Sc1c(=O)o[nH][n+]1-c1ccc(OC)cc1)C(=O)Nc1ccc(C(C)C)cc1. The molecule has 1 atom stereocenters. The number of aromatic nitrogens is 2. The Morgan fingerprint density at radius 1 is 1.17 bits per heavy atom. The Balaban J connectivity index is 1.77. The Kier molecular flexibility index (Phi) is 6.99. The third-order valence-corrected chi connectivity index (χ3v) is 6.10. The zero-order valence-electron chi connectivity index (χ0n) is 17.5. The Bertz CT molecular complexity index is 1040. The van der Waals surface area contributed by atoms with Crippen LogP contribution in [0.1, 0.15) is 38.7 Å². The van der Waals surface area contributed by atoms with Crippen LogP contribution in [0, 0.1) is 0 Å². The predicted molar refractivity (Wildman–Crippen MR) is 117 cm³/mol. The summed E-state index contributed by atoms with van der Waals surface area (Å²) < 4.78 is 11.7. The first-order valence-corrected chi connectivity index (χ1v) is 10.7. The van der Waals surface area contributed by atoms with Gasteiger partial charge in [0.2, 0.25) is 11.6 Å². The van der Waals surface area contributed by atoms with Gasteiger partial charge in [-0.15, -0.1) is 0 Å². The van der Waals surface area contributed by atoms with E-state index in [1.807, 2.05) is 31.2 Å². The summed E-state index contributed by atoms with van der Waals surface area (Å²) >= 11 is 1.17. The molecule has 158 valence electrons. The maximum atomic E-state index is 12.8. The summed E-state index contributed by atoms with van der Waals surface area (Å²) in [5, 5.41) is 5.38. The second kappa shape index (κ2) is 9.67. The van der Waals surface area contributed by atoms with E-state index in [1.165, 1.54) is 22.0 Å². The van der Waals surface area contributed by atoms with Gasteiger partial charge in [0, 0.05) is 17.8 Å². The number of hydrogen-bond donors (Lipinski definition) is 2. The number of aromatic amines is 1. The number of nitrogens with one attached hydrogen (secondary N) is 2. The maximum Gasteiger partial charge on any atom is 0.442 e. The first-order chi connectivity index (χ1) is 14.4. The number of rotatable bonds is 8. The highest BCUT2D eigenvalue weighted by Crippen LogP contribution is 2.24. The average Bonchev–Trinajstić information content (AvgIpc) is 3.12. The number of hydrogen-bond acceptors (Lipinski definition) is 5. The highest BCUT2D eigenvalue weighted by molar-refractivity contribution is 8.00. The third kappa shape index (κ3) is 4.94. The minimum absolute atomic E-state index is 0.165. The van der Waals surface area contributed by atoms with E-state index in [-0.39, 0.29) is 5.91 Å². The van der Waals surface area contributed by atoms with Gasteiger partial charge in [0.1, 0.15) is 5.75 Å². The molecule has 8 heteroatoms. The summed E-state index contributed by atoms with van der Waals surface area (Å²) in [5.74, 6) is 0.963. The van der Waals surface area contributed by atoms with Crippen LogP contribution in [0.5, 0.6) is 5.75 Å². The van der Waals surface area contributed by atoms with Crippen molar-refractivity contribution < 1.29 is 18.7 Å². The minimum Gasteiger partial charge on any atom is -0.497 e. The number of carbonyl (C=O) groups is 1. The lowest BCUT2D eigenvalue weighted by atomic mass is 10.0. The van der Waals surface area contributed by atoms with Crippen molar-refractivity contribution >= 4 is 23.4 Å². The van der Waals surface area contributed by atoms with Crippen LogP contribution >= 0.6 is 11.8 Å². The standard InChI is InChI=1S/C22H25N3O4S/c1-5-19(20(26)23-16-8-6-15(7-9-16)14(2)3)30-21-22(27)29-24-25(21)17-10-12-18(28-4)13-11-17/h6-14,19H,5H2,1-4H3,(H-,23,24,26,27)/p+1. The van der Waals surface area contributed by atoms with Crippen molar-refractivity contribution in [1.82, 2.24) is 5.27 Å². The van der Waals surface area contributed by atoms with Gasteiger partial charge in [0.05, 0.1) is 12.4 Å². The summed E-state index contributed by atoms with van der Waals surface area (Å²) in [4.78, 5) is 25.1. The topological polar surface area (TPSA) is 88.2 Å². The van der Waals surface area contributed by atoms with Gasteiger partial charge in [0.15, 0.2) is 0 Å². The molecule has 2 aromatic carbocycles. The molecule has 3 rings (SSSR count). The first kappa shape index (κ1) is 21.7. The molecule has 0 aliphatic heterocycles. The largest absolute Gasteiger partial charge is 0.497 e. The van der Waals surface area contributed by atoms with E-state index in [0.29, 0.717) is 28.8 Å². The Morgan fingerprint density at radius 3 is 2.40 bits per heavy atom. The fourth-order valence-corrected chi connectivity index (χ4v) is 3.88. The van der Waals surface area contributed by atoms with Crippen LogP contribution in [-0.4, -0.2) is 23.5 Å². The van der Waals surface area contributed by atoms with Crippen LogP contribution in [0.15, 0.2) is 62.9 Å². The zero-order chi connectivity index (χ0) is 21.7. The number of anilines is 1. The van der Waals surface area contributed by atoms with Gasteiger partial charge in [-0.3, -0.25) is 9.32 Å². The molecule has 1 heterocycles. The normalized spacial score (nSPS) is 12.0. The lowest BCUT2D eigenvalue weighted by Gasteiger charge is -2.13. The highest BCUT2D eigenvalue weighted by atomic mass is 32.2. The van der Waals surface area contributed by atoms with E-state index in [4.69, 9.17) is 9.26 Å². The average molecular weight is 429 g/mol. The molecule has 2 N–H and O–H groups in total. The Morgan fingerprint density at radius 2 is 1.83 bits per heavy atom. The first-order valence-electron chi connectivity index (χ1n) is 9.78. The lowest BCUT2D eigenvalue weighted by molar-refractivity contribution is -0.704. The fourth-order valence-electron chi connectivity index (χ4n) is 2.90. The number of H-pyrrole nitrogens is 1. The van der Waals surface area contributed by atoms with Gasteiger partial charge >= 0.3 is 10.7 Å². The van der Waals surface area contributed by atoms with Crippen molar-refractivity contribution in [3.63, 3.8) is 0 Å². The fraction of sp³-hybridized carbons (Fsp3) is 0.318. The van der Waals surface area contributed by atoms with Crippen molar-refractivity contribution in [1.29, 1.82) is 0 Å². The Hall–Kier alpha value is -3.00. The third-order valence-electron chi connectivity index (χ3n) is 4.70. The van der Waals surface area contributed by atoms with E-state index in [1.54, 1.807) is 31.4 Å². The molecule has 0 aliphatic rings. The molecule has 0 bridgehead atoms. The maximum absolute atomic E-state index is 12.8. The van der Waals surface area contributed by atoms with Crippen molar-refractivity contribution in [2.45, 2.75) is 43.4 Å². The second-order valence-electron chi connectivity index (χ2n) is 7.10. The molecule has 0 fully saturated rings. The predicted octanol–water partition coefficient (Wildman–Crippen LogP) is 3.89. The van der Waals surface area contributed by atoms with E-state index >= 15 is 0 Å². The van der Waals surface area contributed by atoms with E-state index in [2.05, 4.69) is 24.4 Å². The molecule has 0 saturated heterocycles. The summed E-state index contributed by atoms with van der Waals surface area (Å²) in [5.41, 5.74) is 2.11. The number of benzene rings is 2. The lowest BCUT2D eigenvalue weighted by Crippen LogP contribution is -2.37. The number of thioether (sulfide) groups is 1. The molecular weight excluding hydrogens is 402 g/mol. The van der Waals surface area contributed by atoms with E-state index in [9.17, 15) is 9.59 Å². The van der Waals surface area contributed by atoms with Crippen molar-refractivity contribution in [2.24, 2.45) is 0 Å². The van der Waals surface area contributed by atoms with Crippen molar-refractivity contribution in [3.8, 4) is 11.4 Å². The van der Waals surface area contributed by atoms with Gasteiger partial charge in [-0.1, -0.05) is 32.9 Å². The molecule has 3 aromatic rings. The summed E-state index contributed by atoms with van der Waals surface area (Å²) in [6, 6.07) is 15.0. The monoisotopic (exact) mass is 428 g/mol. The van der Waals surface area contributed by atoms with Crippen LogP contribution in [0.25, 0.3) is 5.69 Å². The van der Waals surface area contributed by atoms with Crippen molar-refractivity contribution in [2.75, 3.05) is 12.4 Å². The van der Waals surface area contributed by atoms with E-state index < -0.39 is 10.9 Å². The number of carbonyl (C=O) groups excluding carboxylic acids is 1. The van der Waals surface area contributed by atoms with Crippen LogP contribution in [0.2, 0.25) is 0 Å². The smallest absolute Gasteiger partial charge is 0.442 e. The molecule has 1 amide bonds. The quantitative estimate of drug-likeness (QED) is 0.420. The van der Waals surface area contributed by atoms with Crippen LogP contribution in [0.3, 0.4) is 0 Å². The Labute approximate surface area is 179 Å².